The SMILES string of the molecule is CC1CN(c2cccc(CN)c2)C1. The standard InChI is InChI=1S/C11H16N2/c1-9-7-13(8-9)11-4-2-3-10(5-11)6-12/h2-5,9H,6-8,12H2,1H3. The van der Waals surface area contributed by atoms with Gasteiger partial charge in [0.25, 0.3) is 0 Å². The molecule has 1 aliphatic rings. The second-order valence-electron chi connectivity index (χ2n) is 3.88. The van der Waals surface area contributed by atoms with Crippen molar-refractivity contribution in [2.45, 2.75) is 13.5 Å². The fourth-order valence-electron chi connectivity index (χ4n) is 1.79. The molecule has 1 heterocycles. The smallest absolute Gasteiger partial charge is 0.0369 e. The topological polar surface area (TPSA) is 29.3 Å². The summed E-state index contributed by atoms with van der Waals surface area (Å²) in [6, 6.07) is 8.50. The van der Waals surface area contributed by atoms with E-state index < -0.39 is 0 Å². The molecule has 0 saturated carbocycles. The summed E-state index contributed by atoms with van der Waals surface area (Å²) in [6.07, 6.45) is 0. The quantitative estimate of drug-likeness (QED) is 0.741. The molecule has 0 radical (unpaired) electrons. The molecule has 1 aromatic carbocycles. The van der Waals surface area contributed by atoms with Gasteiger partial charge in [-0.2, -0.15) is 0 Å². The summed E-state index contributed by atoms with van der Waals surface area (Å²) in [5.41, 5.74) is 8.13. The molecule has 13 heavy (non-hydrogen) atoms. The molecule has 70 valence electrons. The molecule has 2 rings (SSSR count). The van der Waals surface area contributed by atoms with E-state index in [2.05, 4.69) is 36.1 Å². The number of hydrogen-bond donors (Lipinski definition) is 1. The third kappa shape index (κ3) is 1.68. The van der Waals surface area contributed by atoms with E-state index in [0.717, 1.165) is 5.92 Å². The number of benzene rings is 1. The van der Waals surface area contributed by atoms with Crippen LogP contribution in [0.2, 0.25) is 0 Å². The zero-order valence-corrected chi connectivity index (χ0v) is 8.03. The third-order valence-electron chi connectivity index (χ3n) is 2.58. The van der Waals surface area contributed by atoms with Crippen LogP contribution >= 0.6 is 0 Å². The minimum Gasteiger partial charge on any atom is -0.371 e. The first-order chi connectivity index (χ1) is 6.29. The second-order valence-corrected chi connectivity index (χ2v) is 3.88. The molecule has 0 aromatic heterocycles. The number of anilines is 1. The van der Waals surface area contributed by atoms with E-state index in [4.69, 9.17) is 5.73 Å². The Bertz CT molecular complexity index is 290. The normalized spacial score (nSPS) is 17.2. The summed E-state index contributed by atoms with van der Waals surface area (Å²) in [5.74, 6) is 0.849. The Morgan fingerprint density at radius 1 is 1.46 bits per heavy atom. The molecule has 1 aromatic rings. The lowest BCUT2D eigenvalue weighted by Gasteiger charge is -2.39. The summed E-state index contributed by atoms with van der Waals surface area (Å²) < 4.78 is 0. The summed E-state index contributed by atoms with van der Waals surface area (Å²) in [6.45, 7) is 5.29. The Kier molecular flexibility index (Phi) is 2.23. The van der Waals surface area contributed by atoms with Gasteiger partial charge in [-0.25, -0.2) is 0 Å². The molecule has 2 nitrogen and oxygen atoms in total. The molecule has 1 saturated heterocycles. The van der Waals surface area contributed by atoms with Crippen LogP contribution < -0.4 is 10.6 Å². The van der Waals surface area contributed by atoms with Gasteiger partial charge in [0.15, 0.2) is 0 Å². The predicted octanol–water partition coefficient (Wildman–Crippen LogP) is 1.60. The summed E-state index contributed by atoms with van der Waals surface area (Å²) in [5, 5.41) is 0. The van der Waals surface area contributed by atoms with Crippen LogP contribution in [0.25, 0.3) is 0 Å². The molecule has 0 bridgehead atoms. The highest BCUT2D eigenvalue weighted by atomic mass is 15.2. The van der Waals surface area contributed by atoms with Gasteiger partial charge in [0.2, 0.25) is 0 Å². The van der Waals surface area contributed by atoms with Crippen LogP contribution in [-0.2, 0) is 6.54 Å². The minimum atomic E-state index is 0.636. The summed E-state index contributed by atoms with van der Waals surface area (Å²) >= 11 is 0. The van der Waals surface area contributed by atoms with Gasteiger partial charge in [0, 0.05) is 25.3 Å². The van der Waals surface area contributed by atoms with Crippen molar-refractivity contribution < 1.29 is 0 Å². The van der Waals surface area contributed by atoms with Crippen molar-refractivity contribution in [3.05, 3.63) is 29.8 Å². The monoisotopic (exact) mass is 176 g/mol. The maximum absolute atomic E-state index is 5.59. The molecular formula is C11H16N2. The van der Waals surface area contributed by atoms with E-state index >= 15 is 0 Å². The molecule has 0 aliphatic carbocycles. The van der Waals surface area contributed by atoms with Crippen molar-refractivity contribution in [3.8, 4) is 0 Å². The van der Waals surface area contributed by atoms with Crippen molar-refractivity contribution in [3.63, 3.8) is 0 Å². The highest BCUT2D eigenvalue weighted by molar-refractivity contribution is 5.50. The van der Waals surface area contributed by atoms with Gasteiger partial charge in [0.1, 0.15) is 0 Å². The lowest BCUT2D eigenvalue weighted by Crippen LogP contribution is -2.45. The van der Waals surface area contributed by atoms with Crippen LogP contribution in [0.3, 0.4) is 0 Å². The van der Waals surface area contributed by atoms with Crippen molar-refractivity contribution in [1.82, 2.24) is 0 Å². The Labute approximate surface area is 79.4 Å². The average Bonchev–Trinajstić information content (AvgIpc) is 2.13. The maximum atomic E-state index is 5.59. The number of rotatable bonds is 2. The van der Waals surface area contributed by atoms with E-state index in [9.17, 15) is 0 Å². The molecular weight excluding hydrogens is 160 g/mol. The van der Waals surface area contributed by atoms with Crippen LogP contribution in [-0.4, -0.2) is 13.1 Å². The van der Waals surface area contributed by atoms with Crippen LogP contribution in [0.5, 0.6) is 0 Å². The first kappa shape index (κ1) is 8.57. The van der Waals surface area contributed by atoms with E-state index in [0.29, 0.717) is 6.54 Å². The van der Waals surface area contributed by atoms with E-state index in [1.807, 2.05) is 0 Å². The highest BCUT2D eigenvalue weighted by Crippen LogP contribution is 2.24. The number of nitrogens with zero attached hydrogens (tertiary/aromatic N) is 1. The molecule has 0 atom stereocenters. The minimum absolute atomic E-state index is 0.636. The van der Waals surface area contributed by atoms with E-state index in [1.165, 1.54) is 24.3 Å². The highest BCUT2D eigenvalue weighted by Gasteiger charge is 2.22. The van der Waals surface area contributed by atoms with Crippen LogP contribution in [0.4, 0.5) is 5.69 Å². The lowest BCUT2D eigenvalue weighted by molar-refractivity contribution is 0.447. The largest absolute Gasteiger partial charge is 0.371 e. The number of hydrogen-bond acceptors (Lipinski definition) is 2. The fourth-order valence-corrected chi connectivity index (χ4v) is 1.79. The first-order valence-electron chi connectivity index (χ1n) is 4.83. The van der Waals surface area contributed by atoms with Gasteiger partial charge in [-0.1, -0.05) is 19.1 Å². The Morgan fingerprint density at radius 3 is 2.85 bits per heavy atom. The van der Waals surface area contributed by atoms with Crippen LogP contribution in [0, 0.1) is 5.92 Å². The van der Waals surface area contributed by atoms with E-state index in [-0.39, 0.29) is 0 Å². The van der Waals surface area contributed by atoms with Crippen LogP contribution in [0.1, 0.15) is 12.5 Å². The van der Waals surface area contributed by atoms with Crippen molar-refractivity contribution >= 4 is 5.69 Å². The Hall–Kier alpha value is -1.02. The summed E-state index contributed by atoms with van der Waals surface area (Å²) in [7, 11) is 0. The molecule has 2 N–H and O–H groups in total. The number of nitrogens with two attached hydrogens (primary N) is 1. The Morgan fingerprint density at radius 2 is 2.23 bits per heavy atom. The van der Waals surface area contributed by atoms with Crippen LogP contribution in [0.15, 0.2) is 24.3 Å². The van der Waals surface area contributed by atoms with Gasteiger partial charge in [-0.15, -0.1) is 0 Å². The van der Waals surface area contributed by atoms with Gasteiger partial charge in [-0.05, 0) is 23.6 Å². The van der Waals surface area contributed by atoms with Gasteiger partial charge in [-0.3, -0.25) is 0 Å². The van der Waals surface area contributed by atoms with Crippen molar-refractivity contribution in [2.75, 3.05) is 18.0 Å². The third-order valence-corrected chi connectivity index (χ3v) is 2.58. The molecule has 1 aliphatic heterocycles. The first-order valence-corrected chi connectivity index (χ1v) is 4.83. The van der Waals surface area contributed by atoms with Gasteiger partial charge in [0.05, 0.1) is 0 Å². The predicted molar refractivity (Wildman–Crippen MR) is 55.7 cm³/mol. The summed E-state index contributed by atoms with van der Waals surface area (Å²) in [4.78, 5) is 2.39. The molecule has 0 unspecified atom stereocenters. The Balaban J connectivity index is 2.12. The van der Waals surface area contributed by atoms with Gasteiger partial charge < -0.3 is 10.6 Å². The molecule has 2 heteroatoms. The molecule has 0 spiro atoms. The molecule has 0 amide bonds. The second kappa shape index (κ2) is 3.38. The van der Waals surface area contributed by atoms with Crippen molar-refractivity contribution in [1.29, 1.82) is 0 Å². The molecule has 1 fully saturated rings. The zero-order chi connectivity index (χ0) is 9.26. The zero-order valence-electron chi connectivity index (χ0n) is 8.03. The van der Waals surface area contributed by atoms with E-state index in [1.54, 1.807) is 0 Å². The van der Waals surface area contributed by atoms with Gasteiger partial charge >= 0.3 is 0 Å². The van der Waals surface area contributed by atoms with Crippen molar-refractivity contribution in [2.24, 2.45) is 11.7 Å². The average molecular weight is 176 g/mol. The lowest BCUT2D eigenvalue weighted by atomic mass is 10.0. The fraction of sp³-hybridized carbons (Fsp3) is 0.455. The maximum Gasteiger partial charge on any atom is 0.0369 e.